The molecule has 0 aromatic heterocycles. The molecule has 1 aromatic carbocycles. The lowest BCUT2D eigenvalue weighted by Crippen LogP contribution is -2.20. The predicted octanol–water partition coefficient (Wildman–Crippen LogP) is 3.74. The summed E-state index contributed by atoms with van der Waals surface area (Å²) in [7, 11) is 3.78. The number of methoxy groups -OCH3 is 1. The fraction of sp³-hybridized carbons (Fsp3) is 0.625. The molecule has 1 aromatic rings. The van der Waals surface area contributed by atoms with Crippen LogP contribution in [0.5, 0.6) is 5.75 Å². The molecule has 4 heteroatoms. The third-order valence-corrected chi connectivity index (χ3v) is 4.05. The summed E-state index contributed by atoms with van der Waals surface area (Å²) in [5.74, 6) is 0.733. The maximum absolute atomic E-state index is 6.14. The van der Waals surface area contributed by atoms with Gasteiger partial charge in [-0.05, 0) is 57.0 Å². The highest BCUT2D eigenvalue weighted by atomic mass is 35.5. The summed E-state index contributed by atoms with van der Waals surface area (Å²) < 4.78 is 10.8. The molecular formula is C16H24ClNO2. The third-order valence-electron chi connectivity index (χ3n) is 3.76. The first-order valence-electron chi connectivity index (χ1n) is 7.31. The SMILES string of the molecule is COc1ccc(CN(C)CCC[C@@H]2CCCO2)cc1Cl. The first-order chi connectivity index (χ1) is 9.69. The van der Waals surface area contributed by atoms with Crippen molar-refractivity contribution in [3.8, 4) is 5.75 Å². The Morgan fingerprint density at radius 2 is 2.30 bits per heavy atom. The largest absolute Gasteiger partial charge is 0.495 e. The lowest BCUT2D eigenvalue weighted by molar-refractivity contribution is 0.0995. The average molecular weight is 298 g/mol. The zero-order valence-corrected chi connectivity index (χ0v) is 13.2. The second-order valence-corrected chi connectivity index (χ2v) is 5.89. The van der Waals surface area contributed by atoms with Crippen molar-refractivity contribution in [3.63, 3.8) is 0 Å². The number of nitrogens with zero attached hydrogens (tertiary/aromatic N) is 1. The van der Waals surface area contributed by atoms with Crippen LogP contribution in [0.1, 0.15) is 31.2 Å². The Kier molecular flexibility index (Phi) is 6.14. The summed E-state index contributed by atoms with van der Waals surface area (Å²) >= 11 is 6.14. The van der Waals surface area contributed by atoms with Crippen LogP contribution in [-0.4, -0.2) is 38.3 Å². The van der Waals surface area contributed by atoms with E-state index in [0.717, 1.165) is 25.4 Å². The average Bonchev–Trinajstić information content (AvgIpc) is 2.92. The van der Waals surface area contributed by atoms with Crippen LogP contribution in [0.3, 0.4) is 0 Å². The molecule has 1 heterocycles. The molecule has 20 heavy (non-hydrogen) atoms. The minimum atomic E-state index is 0.499. The Morgan fingerprint density at radius 1 is 1.45 bits per heavy atom. The van der Waals surface area contributed by atoms with Crippen LogP contribution in [0.25, 0.3) is 0 Å². The van der Waals surface area contributed by atoms with Crippen molar-refractivity contribution in [3.05, 3.63) is 28.8 Å². The van der Waals surface area contributed by atoms with Gasteiger partial charge < -0.3 is 14.4 Å². The van der Waals surface area contributed by atoms with E-state index in [4.69, 9.17) is 21.1 Å². The molecule has 0 bridgehead atoms. The van der Waals surface area contributed by atoms with Gasteiger partial charge in [-0.25, -0.2) is 0 Å². The van der Waals surface area contributed by atoms with Crippen LogP contribution in [0.2, 0.25) is 5.02 Å². The molecule has 1 saturated heterocycles. The smallest absolute Gasteiger partial charge is 0.137 e. The molecule has 1 fully saturated rings. The van der Waals surface area contributed by atoms with Gasteiger partial charge in [-0.1, -0.05) is 17.7 Å². The van der Waals surface area contributed by atoms with Gasteiger partial charge in [0.15, 0.2) is 0 Å². The fourth-order valence-corrected chi connectivity index (χ4v) is 2.94. The molecule has 0 aliphatic carbocycles. The first-order valence-corrected chi connectivity index (χ1v) is 7.69. The summed E-state index contributed by atoms with van der Waals surface area (Å²) in [6, 6.07) is 5.98. The second kappa shape index (κ2) is 7.87. The van der Waals surface area contributed by atoms with Crippen molar-refractivity contribution < 1.29 is 9.47 Å². The van der Waals surface area contributed by atoms with E-state index in [0.29, 0.717) is 11.1 Å². The number of hydrogen-bond acceptors (Lipinski definition) is 3. The van der Waals surface area contributed by atoms with Crippen molar-refractivity contribution in [2.24, 2.45) is 0 Å². The maximum Gasteiger partial charge on any atom is 0.137 e. The zero-order chi connectivity index (χ0) is 14.4. The van der Waals surface area contributed by atoms with Crippen molar-refractivity contribution in [1.29, 1.82) is 0 Å². The van der Waals surface area contributed by atoms with Gasteiger partial charge in [-0.2, -0.15) is 0 Å². The Hall–Kier alpha value is -0.770. The molecule has 0 saturated carbocycles. The lowest BCUT2D eigenvalue weighted by atomic mass is 10.1. The molecule has 1 aliphatic rings. The van der Waals surface area contributed by atoms with E-state index in [1.165, 1.54) is 31.2 Å². The number of hydrogen-bond donors (Lipinski definition) is 0. The van der Waals surface area contributed by atoms with E-state index in [2.05, 4.69) is 18.0 Å². The van der Waals surface area contributed by atoms with Gasteiger partial charge >= 0.3 is 0 Å². The molecule has 0 N–H and O–H groups in total. The highest BCUT2D eigenvalue weighted by Gasteiger charge is 2.15. The third kappa shape index (κ3) is 4.65. The van der Waals surface area contributed by atoms with Gasteiger partial charge in [0.05, 0.1) is 18.2 Å². The maximum atomic E-state index is 6.14. The minimum absolute atomic E-state index is 0.499. The predicted molar refractivity (Wildman–Crippen MR) is 82.5 cm³/mol. The van der Waals surface area contributed by atoms with E-state index in [9.17, 15) is 0 Å². The monoisotopic (exact) mass is 297 g/mol. The molecule has 0 spiro atoms. The topological polar surface area (TPSA) is 21.7 Å². The fourth-order valence-electron chi connectivity index (χ4n) is 2.66. The van der Waals surface area contributed by atoms with E-state index in [-0.39, 0.29) is 0 Å². The Bertz CT molecular complexity index is 419. The molecular weight excluding hydrogens is 274 g/mol. The Labute approximate surface area is 126 Å². The Balaban J connectivity index is 1.73. The van der Waals surface area contributed by atoms with E-state index >= 15 is 0 Å². The van der Waals surface area contributed by atoms with Gasteiger partial charge in [-0.15, -0.1) is 0 Å². The number of rotatable bonds is 7. The molecule has 1 atom stereocenters. The van der Waals surface area contributed by atoms with E-state index in [1.54, 1.807) is 7.11 Å². The van der Waals surface area contributed by atoms with Gasteiger partial charge in [0.1, 0.15) is 5.75 Å². The van der Waals surface area contributed by atoms with Crippen LogP contribution >= 0.6 is 11.6 Å². The van der Waals surface area contributed by atoms with Crippen LogP contribution in [0, 0.1) is 0 Å². The lowest BCUT2D eigenvalue weighted by Gasteiger charge is -2.18. The first kappa shape index (κ1) is 15.6. The zero-order valence-electron chi connectivity index (χ0n) is 12.4. The summed E-state index contributed by atoms with van der Waals surface area (Å²) in [4.78, 5) is 2.33. The van der Waals surface area contributed by atoms with Gasteiger partial charge in [0.25, 0.3) is 0 Å². The molecule has 2 rings (SSSR count). The highest BCUT2D eigenvalue weighted by Crippen LogP contribution is 2.25. The number of ether oxygens (including phenoxy) is 2. The van der Waals surface area contributed by atoms with E-state index < -0.39 is 0 Å². The van der Waals surface area contributed by atoms with Crippen molar-refractivity contribution >= 4 is 11.6 Å². The van der Waals surface area contributed by atoms with Gasteiger partial charge in [-0.3, -0.25) is 0 Å². The van der Waals surface area contributed by atoms with Crippen LogP contribution in [-0.2, 0) is 11.3 Å². The number of benzene rings is 1. The second-order valence-electron chi connectivity index (χ2n) is 5.48. The van der Waals surface area contributed by atoms with Crippen LogP contribution < -0.4 is 4.74 Å². The Morgan fingerprint density at radius 3 is 2.95 bits per heavy atom. The summed E-state index contributed by atoms with van der Waals surface area (Å²) in [6.07, 6.45) is 5.32. The molecule has 3 nitrogen and oxygen atoms in total. The van der Waals surface area contributed by atoms with Crippen molar-refractivity contribution in [2.75, 3.05) is 27.3 Å². The summed E-state index contributed by atoms with van der Waals surface area (Å²) in [5.41, 5.74) is 1.22. The van der Waals surface area contributed by atoms with E-state index in [1.807, 2.05) is 12.1 Å². The molecule has 0 amide bonds. The van der Waals surface area contributed by atoms with Crippen LogP contribution in [0.4, 0.5) is 0 Å². The highest BCUT2D eigenvalue weighted by molar-refractivity contribution is 6.32. The molecule has 0 unspecified atom stereocenters. The van der Waals surface area contributed by atoms with Crippen molar-refractivity contribution in [1.82, 2.24) is 4.90 Å². The van der Waals surface area contributed by atoms with Gasteiger partial charge in [0, 0.05) is 13.2 Å². The van der Waals surface area contributed by atoms with Gasteiger partial charge in [0.2, 0.25) is 0 Å². The summed E-state index contributed by atoms with van der Waals surface area (Å²) in [5, 5.41) is 0.678. The standard InChI is InChI=1S/C16H24ClNO2/c1-18(9-3-5-14-6-4-10-20-14)12-13-7-8-16(19-2)15(17)11-13/h7-8,11,14H,3-6,9-10,12H2,1-2H3/t14-/m1/s1. The quantitative estimate of drug-likeness (QED) is 0.765. The normalized spacial score (nSPS) is 18.7. The molecule has 1 aliphatic heterocycles. The summed E-state index contributed by atoms with van der Waals surface area (Å²) in [6.45, 7) is 2.95. The van der Waals surface area contributed by atoms with Crippen molar-refractivity contribution in [2.45, 2.75) is 38.3 Å². The number of halogens is 1. The molecule has 112 valence electrons. The van der Waals surface area contributed by atoms with Crippen LogP contribution in [0.15, 0.2) is 18.2 Å². The molecule has 0 radical (unpaired) electrons. The minimum Gasteiger partial charge on any atom is -0.495 e.